The van der Waals surface area contributed by atoms with Gasteiger partial charge in [0.1, 0.15) is 0 Å². The molecule has 1 atom stereocenters. The van der Waals surface area contributed by atoms with Gasteiger partial charge in [-0.25, -0.2) is 0 Å². The molecular weight excluding hydrogens is 411 g/mol. The van der Waals surface area contributed by atoms with Crippen LogP contribution in [-0.4, -0.2) is 42.9 Å². The van der Waals surface area contributed by atoms with Crippen LogP contribution in [0.3, 0.4) is 0 Å². The zero-order chi connectivity index (χ0) is 15.2. The molecule has 2 heterocycles. The van der Waals surface area contributed by atoms with Crippen LogP contribution in [0.5, 0.6) is 0 Å². The van der Waals surface area contributed by atoms with Gasteiger partial charge in [-0.2, -0.15) is 0 Å². The first-order valence-corrected chi connectivity index (χ1v) is 8.26. The van der Waals surface area contributed by atoms with Crippen LogP contribution in [-0.2, 0) is 11.3 Å². The van der Waals surface area contributed by atoms with Crippen molar-refractivity contribution in [3.05, 3.63) is 22.4 Å². The molecule has 1 aromatic heterocycles. The van der Waals surface area contributed by atoms with Crippen LogP contribution in [0.1, 0.15) is 25.1 Å². The minimum absolute atomic E-state index is 0. The fourth-order valence-corrected chi connectivity index (χ4v) is 3.06. The predicted octanol–water partition coefficient (Wildman–Crippen LogP) is 2.29. The number of hydrogen-bond donors (Lipinski definition) is 2. The monoisotopic (exact) mass is 436 g/mol. The second kappa shape index (κ2) is 9.34. The number of guanidine groups is 1. The second-order valence-corrected chi connectivity index (χ2v) is 6.61. The maximum absolute atomic E-state index is 12.0. The topological polar surface area (TPSA) is 56.7 Å². The molecule has 0 radical (unpaired) electrons. The summed E-state index contributed by atoms with van der Waals surface area (Å²) in [7, 11) is 1.77. The Morgan fingerprint density at radius 3 is 2.91 bits per heavy atom. The molecule has 0 aliphatic carbocycles. The fraction of sp³-hybridized carbons (Fsp3) is 0.600. The Kier molecular flexibility index (Phi) is 8.16. The Morgan fingerprint density at radius 1 is 1.55 bits per heavy atom. The molecule has 1 saturated heterocycles. The van der Waals surface area contributed by atoms with Gasteiger partial charge in [0.15, 0.2) is 5.96 Å². The number of hydrogen-bond acceptors (Lipinski definition) is 3. The smallest absolute Gasteiger partial charge is 0.225 e. The summed E-state index contributed by atoms with van der Waals surface area (Å²) in [6.45, 7) is 6.27. The number of aliphatic imine (C=N–C) groups is 1. The molecule has 1 aliphatic heterocycles. The van der Waals surface area contributed by atoms with E-state index in [0.717, 1.165) is 32.0 Å². The van der Waals surface area contributed by atoms with Crippen molar-refractivity contribution >= 4 is 47.2 Å². The average molecular weight is 436 g/mol. The molecule has 1 aliphatic rings. The highest BCUT2D eigenvalue weighted by atomic mass is 127. The van der Waals surface area contributed by atoms with Crippen molar-refractivity contribution in [2.75, 3.05) is 20.1 Å². The molecule has 22 heavy (non-hydrogen) atoms. The zero-order valence-corrected chi connectivity index (χ0v) is 16.5. The summed E-state index contributed by atoms with van der Waals surface area (Å²) in [5.74, 6) is 1.10. The molecule has 0 bridgehead atoms. The maximum atomic E-state index is 12.0. The van der Waals surface area contributed by atoms with Crippen molar-refractivity contribution < 1.29 is 4.79 Å². The third-order valence-electron chi connectivity index (χ3n) is 3.57. The van der Waals surface area contributed by atoms with Gasteiger partial charge < -0.3 is 15.5 Å². The summed E-state index contributed by atoms with van der Waals surface area (Å²) in [5.41, 5.74) is 0. The summed E-state index contributed by atoms with van der Waals surface area (Å²) in [4.78, 5) is 19.5. The highest BCUT2D eigenvalue weighted by Crippen LogP contribution is 2.13. The number of amides is 1. The molecule has 0 spiro atoms. The molecule has 5 nitrogen and oxygen atoms in total. The molecular formula is C15H25IN4OS. The predicted molar refractivity (Wildman–Crippen MR) is 103 cm³/mol. The van der Waals surface area contributed by atoms with Gasteiger partial charge in [-0.15, -0.1) is 35.3 Å². The van der Waals surface area contributed by atoms with Gasteiger partial charge in [0, 0.05) is 37.0 Å². The van der Waals surface area contributed by atoms with E-state index < -0.39 is 0 Å². The van der Waals surface area contributed by atoms with Gasteiger partial charge in [0.25, 0.3) is 0 Å². The molecule has 124 valence electrons. The Morgan fingerprint density at radius 2 is 2.32 bits per heavy atom. The summed E-state index contributed by atoms with van der Waals surface area (Å²) < 4.78 is 0. The summed E-state index contributed by atoms with van der Waals surface area (Å²) in [5, 5.41) is 8.78. The van der Waals surface area contributed by atoms with Gasteiger partial charge in [0.05, 0.1) is 6.54 Å². The number of halogens is 1. The number of nitrogens with zero attached hydrogens (tertiary/aromatic N) is 2. The van der Waals surface area contributed by atoms with E-state index in [4.69, 9.17) is 0 Å². The number of carbonyl (C=O) groups excluding carboxylic acids is 1. The van der Waals surface area contributed by atoms with Crippen molar-refractivity contribution in [1.82, 2.24) is 15.5 Å². The van der Waals surface area contributed by atoms with Crippen LogP contribution < -0.4 is 10.6 Å². The van der Waals surface area contributed by atoms with Crippen LogP contribution in [0, 0.1) is 5.92 Å². The molecule has 1 unspecified atom stereocenters. The van der Waals surface area contributed by atoms with Crippen molar-refractivity contribution in [2.24, 2.45) is 10.9 Å². The quantitative estimate of drug-likeness (QED) is 0.433. The van der Waals surface area contributed by atoms with Crippen LogP contribution in [0.15, 0.2) is 22.5 Å². The third-order valence-corrected chi connectivity index (χ3v) is 4.44. The lowest BCUT2D eigenvalue weighted by Gasteiger charge is -2.20. The van der Waals surface area contributed by atoms with Crippen molar-refractivity contribution in [3.8, 4) is 0 Å². The molecule has 1 fully saturated rings. The Hall–Kier alpha value is -0.830. The minimum Gasteiger partial charge on any atom is -0.352 e. The molecule has 0 aromatic carbocycles. The van der Waals surface area contributed by atoms with E-state index in [2.05, 4.69) is 27.1 Å². The first kappa shape index (κ1) is 19.2. The average Bonchev–Trinajstić information content (AvgIpc) is 3.13. The highest BCUT2D eigenvalue weighted by molar-refractivity contribution is 14.0. The first-order valence-electron chi connectivity index (χ1n) is 7.38. The summed E-state index contributed by atoms with van der Waals surface area (Å²) in [6.07, 6.45) is 0.970. The van der Waals surface area contributed by atoms with Crippen LogP contribution in [0.2, 0.25) is 0 Å². The molecule has 2 N–H and O–H groups in total. The zero-order valence-electron chi connectivity index (χ0n) is 13.3. The minimum atomic E-state index is 0. The second-order valence-electron chi connectivity index (χ2n) is 5.57. The number of likely N-dealkylation sites (tertiary alicyclic amines) is 1. The van der Waals surface area contributed by atoms with Crippen molar-refractivity contribution in [3.63, 3.8) is 0 Å². The molecule has 2 rings (SSSR count). The first-order chi connectivity index (χ1) is 10.1. The standard InChI is InChI=1S/C15H24N4OS.HI/c1-11(2)14(20)19-7-6-12(10-19)18-15(16-3)17-9-13-5-4-8-21-13;/h4-5,8,11-12H,6-7,9-10H2,1-3H3,(H2,16,17,18);1H. The number of thiophene rings is 1. The number of nitrogens with one attached hydrogen (secondary N) is 2. The van der Waals surface area contributed by atoms with Crippen LogP contribution >= 0.6 is 35.3 Å². The Balaban J connectivity index is 0.00000242. The Bertz CT molecular complexity index is 490. The number of carbonyl (C=O) groups is 1. The van der Waals surface area contributed by atoms with Gasteiger partial charge >= 0.3 is 0 Å². The van der Waals surface area contributed by atoms with Crippen LogP contribution in [0.4, 0.5) is 0 Å². The van der Waals surface area contributed by atoms with Gasteiger partial charge in [-0.05, 0) is 17.9 Å². The van der Waals surface area contributed by atoms with E-state index in [1.807, 2.05) is 24.8 Å². The van der Waals surface area contributed by atoms with E-state index in [-0.39, 0.29) is 41.8 Å². The molecule has 1 amide bonds. The fourth-order valence-electron chi connectivity index (χ4n) is 2.42. The lowest BCUT2D eigenvalue weighted by atomic mass is 10.2. The van der Waals surface area contributed by atoms with Crippen molar-refractivity contribution in [2.45, 2.75) is 32.9 Å². The van der Waals surface area contributed by atoms with E-state index in [1.165, 1.54) is 4.88 Å². The number of rotatable bonds is 4. The van der Waals surface area contributed by atoms with E-state index in [0.29, 0.717) is 0 Å². The highest BCUT2D eigenvalue weighted by Gasteiger charge is 2.27. The molecule has 1 aromatic rings. The maximum Gasteiger partial charge on any atom is 0.225 e. The normalized spacial score (nSPS) is 18.3. The molecule has 7 heteroatoms. The lowest BCUT2D eigenvalue weighted by Crippen LogP contribution is -2.45. The summed E-state index contributed by atoms with van der Waals surface area (Å²) in [6, 6.07) is 4.43. The Labute approximate surface area is 153 Å². The van der Waals surface area contributed by atoms with Gasteiger partial charge in [-0.3, -0.25) is 9.79 Å². The van der Waals surface area contributed by atoms with E-state index >= 15 is 0 Å². The SMILES string of the molecule is CN=C(NCc1cccs1)NC1CCN(C(=O)C(C)C)C1.I. The third kappa shape index (κ3) is 5.42. The summed E-state index contributed by atoms with van der Waals surface area (Å²) >= 11 is 1.73. The lowest BCUT2D eigenvalue weighted by molar-refractivity contribution is -0.133. The van der Waals surface area contributed by atoms with Crippen molar-refractivity contribution in [1.29, 1.82) is 0 Å². The van der Waals surface area contributed by atoms with E-state index in [9.17, 15) is 4.79 Å². The van der Waals surface area contributed by atoms with Crippen LogP contribution in [0.25, 0.3) is 0 Å². The van der Waals surface area contributed by atoms with Gasteiger partial charge in [0.2, 0.25) is 5.91 Å². The largest absolute Gasteiger partial charge is 0.352 e. The van der Waals surface area contributed by atoms with Gasteiger partial charge in [-0.1, -0.05) is 19.9 Å². The molecule has 0 saturated carbocycles. The van der Waals surface area contributed by atoms with E-state index in [1.54, 1.807) is 18.4 Å².